The van der Waals surface area contributed by atoms with Gasteiger partial charge in [-0.05, 0) is 57.1 Å². The van der Waals surface area contributed by atoms with E-state index in [-0.39, 0.29) is 33.0 Å². The second-order valence-corrected chi connectivity index (χ2v) is 10.2. The molecule has 0 saturated carbocycles. The fraction of sp³-hybridized carbons (Fsp3) is 0.478. The lowest BCUT2D eigenvalue weighted by Crippen LogP contribution is -2.30. The summed E-state index contributed by atoms with van der Waals surface area (Å²) >= 11 is 14.4. The highest BCUT2D eigenvalue weighted by atomic mass is 35.5. The number of piperidine rings is 1. The van der Waals surface area contributed by atoms with Crippen molar-refractivity contribution in [3.63, 3.8) is 0 Å². The molecule has 1 amide bonds. The van der Waals surface area contributed by atoms with E-state index < -0.39 is 18.2 Å². The van der Waals surface area contributed by atoms with E-state index in [1.807, 2.05) is 6.26 Å². The molecule has 12 heteroatoms. The number of alkyl halides is 3. The van der Waals surface area contributed by atoms with E-state index in [0.717, 1.165) is 32.1 Å². The molecule has 2 aromatic rings. The quantitative estimate of drug-likeness (QED) is 0.330. The van der Waals surface area contributed by atoms with Crippen molar-refractivity contribution in [2.24, 2.45) is 5.92 Å². The smallest absolute Gasteiger partial charge is 0.388 e. The van der Waals surface area contributed by atoms with Crippen LogP contribution in [0.4, 0.5) is 18.9 Å². The molecular formula is C23H26Cl2F3N3O3S. The molecule has 3 rings (SSSR count). The van der Waals surface area contributed by atoms with Gasteiger partial charge in [-0.15, -0.1) is 0 Å². The van der Waals surface area contributed by atoms with Gasteiger partial charge in [0.15, 0.2) is 5.75 Å². The minimum absolute atomic E-state index is 0.0181. The van der Waals surface area contributed by atoms with Gasteiger partial charge >= 0.3 is 6.61 Å². The van der Waals surface area contributed by atoms with Gasteiger partial charge < -0.3 is 14.8 Å². The van der Waals surface area contributed by atoms with Crippen LogP contribution >= 0.6 is 35.1 Å². The Morgan fingerprint density at radius 2 is 1.89 bits per heavy atom. The summed E-state index contributed by atoms with van der Waals surface area (Å²) < 4.78 is 52.1. The summed E-state index contributed by atoms with van der Waals surface area (Å²) in [6, 6.07) is 4.16. The van der Waals surface area contributed by atoms with Crippen molar-refractivity contribution >= 4 is 46.7 Å². The Morgan fingerprint density at radius 1 is 1.26 bits per heavy atom. The van der Waals surface area contributed by atoms with E-state index in [1.54, 1.807) is 11.9 Å². The molecule has 1 fully saturated rings. The van der Waals surface area contributed by atoms with Gasteiger partial charge in [0.2, 0.25) is 11.8 Å². The fourth-order valence-electron chi connectivity index (χ4n) is 3.71. The number of hydrogen-bond donors (Lipinski definition) is 1. The zero-order valence-electron chi connectivity index (χ0n) is 19.4. The Morgan fingerprint density at radius 3 is 2.43 bits per heavy atom. The zero-order valence-corrected chi connectivity index (χ0v) is 21.7. The summed E-state index contributed by atoms with van der Waals surface area (Å²) in [6.07, 6.45) is 5.45. The molecule has 1 N–H and O–H groups in total. The van der Waals surface area contributed by atoms with Gasteiger partial charge in [0.25, 0.3) is 0 Å². The van der Waals surface area contributed by atoms with E-state index in [1.165, 1.54) is 32.0 Å². The van der Waals surface area contributed by atoms with Gasteiger partial charge in [0.05, 0.1) is 21.8 Å². The largest absolute Gasteiger partial charge is 0.453 e. The summed E-state index contributed by atoms with van der Waals surface area (Å²) in [7, 11) is 0. The predicted octanol–water partition coefficient (Wildman–Crippen LogP) is 7.31. The van der Waals surface area contributed by atoms with Gasteiger partial charge in [-0.2, -0.15) is 8.78 Å². The number of ether oxygens (including phenoxy) is 2. The van der Waals surface area contributed by atoms with Crippen molar-refractivity contribution < 1.29 is 27.4 Å². The molecule has 1 aromatic heterocycles. The van der Waals surface area contributed by atoms with Crippen molar-refractivity contribution in [1.29, 1.82) is 0 Å². The van der Waals surface area contributed by atoms with Crippen LogP contribution in [-0.4, -0.2) is 41.2 Å². The van der Waals surface area contributed by atoms with Gasteiger partial charge in [-0.1, -0.05) is 35.1 Å². The summed E-state index contributed by atoms with van der Waals surface area (Å²) in [4.78, 5) is 16.3. The van der Waals surface area contributed by atoms with Crippen molar-refractivity contribution in [3.8, 4) is 17.4 Å². The average molecular weight is 552 g/mol. The number of hydrogen-bond acceptors (Lipinski definition) is 6. The summed E-state index contributed by atoms with van der Waals surface area (Å²) in [6.45, 7) is 1.10. The highest BCUT2D eigenvalue weighted by molar-refractivity contribution is 7.96. The summed E-state index contributed by atoms with van der Waals surface area (Å²) in [5.41, 5.74) is -1.86. The number of carbonyl (C=O) groups excluding carboxylic acids is 1. The van der Waals surface area contributed by atoms with Crippen LogP contribution in [0.1, 0.15) is 38.7 Å². The topological polar surface area (TPSA) is 63.7 Å². The Hall–Kier alpha value is -1.88. The van der Waals surface area contributed by atoms with Crippen molar-refractivity contribution in [2.45, 2.75) is 45.4 Å². The number of pyridine rings is 1. The molecule has 0 atom stereocenters. The first-order valence-corrected chi connectivity index (χ1v) is 12.8. The first-order chi connectivity index (χ1) is 16.5. The molecule has 0 spiro atoms. The van der Waals surface area contributed by atoms with Crippen LogP contribution in [0.5, 0.6) is 17.4 Å². The molecule has 2 heterocycles. The molecule has 1 aliphatic rings. The highest BCUT2D eigenvalue weighted by Crippen LogP contribution is 2.41. The third-order valence-electron chi connectivity index (χ3n) is 5.47. The van der Waals surface area contributed by atoms with Gasteiger partial charge in [0.1, 0.15) is 11.4 Å². The third kappa shape index (κ3) is 7.80. The van der Waals surface area contributed by atoms with Crippen LogP contribution in [0.25, 0.3) is 0 Å². The first-order valence-electron chi connectivity index (χ1n) is 10.9. The van der Waals surface area contributed by atoms with E-state index in [2.05, 4.69) is 19.3 Å². The van der Waals surface area contributed by atoms with E-state index in [0.29, 0.717) is 18.0 Å². The monoisotopic (exact) mass is 551 g/mol. The van der Waals surface area contributed by atoms with Crippen LogP contribution in [0, 0.1) is 5.92 Å². The Balaban J connectivity index is 1.70. The number of nitrogens with zero attached hydrogens (tertiary/aromatic N) is 2. The molecular weight excluding hydrogens is 526 g/mol. The molecule has 192 valence electrons. The maximum atomic E-state index is 14.6. The number of rotatable bonds is 9. The third-order valence-corrected chi connectivity index (χ3v) is 6.92. The first kappa shape index (κ1) is 27.7. The maximum Gasteiger partial charge on any atom is 0.388 e. The number of anilines is 1. The molecule has 1 aliphatic heterocycles. The number of aromatic nitrogens is 1. The standard InChI is InChI=1S/C23H26Cl2F3N3O3S/c1-23(2,28)16-11-15(12-29-21(16)34-22(26)27)33-20-17(24)9-14(10-18(20)25)30-19(32)8-13-4-6-31(35-3)7-5-13/h9-13,22H,4-8H2,1-3H3,(H,30,32). The fourth-order valence-corrected chi connectivity index (χ4v) is 4.85. The lowest BCUT2D eigenvalue weighted by atomic mass is 9.94. The minimum Gasteiger partial charge on any atom is -0.453 e. The van der Waals surface area contributed by atoms with Crippen molar-refractivity contribution in [1.82, 2.24) is 9.29 Å². The second kappa shape index (κ2) is 11.9. The minimum atomic E-state index is -3.16. The molecule has 6 nitrogen and oxygen atoms in total. The van der Waals surface area contributed by atoms with Crippen LogP contribution < -0.4 is 14.8 Å². The van der Waals surface area contributed by atoms with Crippen LogP contribution in [0.2, 0.25) is 10.0 Å². The second-order valence-electron chi connectivity index (χ2n) is 8.55. The summed E-state index contributed by atoms with van der Waals surface area (Å²) in [5.74, 6) is -0.311. The molecule has 0 unspecified atom stereocenters. The molecule has 1 aromatic carbocycles. The van der Waals surface area contributed by atoms with Crippen molar-refractivity contribution in [2.75, 3.05) is 24.7 Å². The number of nitrogens with one attached hydrogen (secondary N) is 1. The predicted molar refractivity (Wildman–Crippen MR) is 133 cm³/mol. The normalized spacial score (nSPS) is 15.3. The number of halogens is 5. The van der Waals surface area contributed by atoms with Crippen LogP contribution in [-0.2, 0) is 10.5 Å². The molecule has 35 heavy (non-hydrogen) atoms. The van der Waals surface area contributed by atoms with Gasteiger partial charge in [0, 0.05) is 25.2 Å². The zero-order chi connectivity index (χ0) is 25.8. The highest BCUT2D eigenvalue weighted by Gasteiger charge is 2.28. The van der Waals surface area contributed by atoms with E-state index in [9.17, 15) is 18.0 Å². The number of amides is 1. The SMILES string of the molecule is CSN1CCC(CC(=O)Nc2cc(Cl)c(Oc3cnc(OC(F)F)c(C(C)(C)F)c3)c(Cl)c2)CC1. The van der Waals surface area contributed by atoms with Crippen LogP contribution in [0.3, 0.4) is 0 Å². The van der Waals surface area contributed by atoms with Crippen molar-refractivity contribution in [3.05, 3.63) is 40.0 Å². The van der Waals surface area contributed by atoms with E-state index >= 15 is 0 Å². The lowest BCUT2D eigenvalue weighted by molar-refractivity contribution is -0.117. The van der Waals surface area contributed by atoms with Crippen LogP contribution in [0.15, 0.2) is 24.4 Å². The number of carbonyl (C=O) groups is 1. The number of benzene rings is 1. The molecule has 0 radical (unpaired) electrons. The molecule has 0 aliphatic carbocycles. The van der Waals surface area contributed by atoms with Gasteiger partial charge in [-0.25, -0.2) is 9.37 Å². The molecule has 0 bridgehead atoms. The lowest BCUT2D eigenvalue weighted by Gasteiger charge is -2.29. The molecule has 1 saturated heterocycles. The Labute approximate surface area is 216 Å². The average Bonchev–Trinajstić information content (AvgIpc) is 2.76. The Bertz CT molecular complexity index is 1030. The van der Waals surface area contributed by atoms with E-state index in [4.69, 9.17) is 27.9 Å². The maximum absolute atomic E-state index is 14.6. The van der Waals surface area contributed by atoms with Gasteiger partial charge in [-0.3, -0.25) is 9.10 Å². The Kier molecular flexibility index (Phi) is 9.42. The summed E-state index contributed by atoms with van der Waals surface area (Å²) in [5, 5.41) is 3.00.